The van der Waals surface area contributed by atoms with E-state index in [1.165, 1.54) is 19.3 Å². The third-order valence-electron chi connectivity index (χ3n) is 4.92. The maximum Gasteiger partial charge on any atom is 0.275 e. The molecule has 2 aromatic rings. The van der Waals surface area contributed by atoms with Gasteiger partial charge in [-0.2, -0.15) is 5.10 Å². The van der Waals surface area contributed by atoms with Gasteiger partial charge in [0.05, 0.1) is 5.56 Å². The average molecular weight is 294 g/mol. The van der Waals surface area contributed by atoms with E-state index in [0.29, 0.717) is 5.92 Å². The molecule has 2 N–H and O–H groups in total. The summed E-state index contributed by atoms with van der Waals surface area (Å²) in [6.07, 6.45) is 4.72. The van der Waals surface area contributed by atoms with Gasteiger partial charge in [0, 0.05) is 5.71 Å². The summed E-state index contributed by atoms with van der Waals surface area (Å²) >= 11 is 0. The van der Waals surface area contributed by atoms with Crippen LogP contribution in [0.15, 0.2) is 41.5 Å². The third-order valence-corrected chi connectivity index (χ3v) is 4.92. The van der Waals surface area contributed by atoms with E-state index in [9.17, 15) is 9.90 Å². The van der Waals surface area contributed by atoms with Crippen molar-refractivity contribution in [1.82, 2.24) is 5.43 Å². The molecular weight excluding hydrogens is 276 g/mol. The minimum Gasteiger partial charge on any atom is -0.507 e. The number of rotatable bonds is 2. The number of hydrogen-bond acceptors (Lipinski definition) is 3. The summed E-state index contributed by atoms with van der Waals surface area (Å²) < 4.78 is 0. The van der Waals surface area contributed by atoms with Crippen molar-refractivity contribution in [3.8, 4) is 5.75 Å². The van der Waals surface area contributed by atoms with Crippen LogP contribution in [0.2, 0.25) is 0 Å². The van der Waals surface area contributed by atoms with E-state index in [2.05, 4.69) is 10.5 Å². The lowest BCUT2D eigenvalue weighted by molar-refractivity contribution is 0.0952. The van der Waals surface area contributed by atoms with Gasteiger partial charge in [0.25, 0.3) is 5.91 Å². The van der Waals surface area contributed by atoms with E-state index in [1.54, 1.807) is 12.1 Å². The molecule has 2 aromatic carbocycles. The molecular formula is C18H18N2O2. The van der Waals surface area contributed by atoms with Gasteiger partial charge < -0.3 is 5.11 Å². The van der Waals surface area contributed by atoms with Gasteiger partial charge in [0.2, 0.25) is 0 Å². The van der Waals surface area contributed by atoms with Gasteiger partial charge in [-0.15, -0.1) is 0 Å². The molecule has 2 saturated carbocycles. The highest BCUT2D eigenvalue weighted by Gasteiger charge is 2.36. The SMILES string of the molecule is O=C(N/N=C1\C[C@H]2CC[C@H]1C2)c1cc2ccccc2cc1O. The molecule has 0 saturated heterocycles. The second-order valence-corrected chi connectivity index (χ2v) is 6.34. The largest absolute Gasteiger partial charge is 0.507 e. The van der Waals surface area contributed by atoms with E-state index >= 15 is 0 Å². The Morgan fingerprint density at radius 1 is 1.18 bits per heavy atom. The maximum atomic E-state index is 12.3. The second kappa shape index (κ2) is 5.13. The van der Waals surface area contributed by atoms with Gasteiger partial charge >= 0.3 is 0 Å². The number of carbonyl (C=O) groups excluding carboxylic acids is 1. The molecule has 0 radical (unpaired) electrons. The summed E-state index contributed by atoms with van der Waals surface area (Å²) in [6, 6.07) is 11.0. The third kappa shape index (κ3) is 2.25. The van der Waals surface area contributed by atoms with Crippen molar-refractivity contribution in [3.05, 3.63) is 42.0 Å². The number of phenols is 1. The van der Waals surface area contributed by atoms with Crippen LogP contribution in [-0.4, -0.2) is 16.7 Å². The second-order valence-electron chi connectivity index (χ2n) is 6.34. The van der Waals surface area contributed by atoms with Gasteiger partial charge in [0.15, 0.2) is 0 Å². The van der Waals surface area contributed by atoms with E-state index in [0.717, 1.165) is 28.8 Å². The maximum absolute atomic E-state index is 12.3. The fourth-order valence-electron chi connectivity index (χ4n) is 3.76. The summed E-state index contributed by atoms with van der Waals surface area (Å²) in [5.74, 6) is 0.952. The average Bonchev–Trinajstić information content (AvgIpc) is 3.14. The number of phenolic OH excluding ortho intramolecular Hbond substituents is 1. The molecule has 1 amide bonds. The number of fused-ring (bicyclic) bond motifs is 3. The highest BCUT2D eigenvalue weighted by Crippen LogP contribution is 2.42. The molecule has 0 heterocycles. The highest BCUT2D eigenvalue weighted by atomic mass is 16.3. The molecule has 4 nitrogen and oxygen atoms in total. The molecule has 0 unspecified atom stereocenters. The molecule has 112 valence electrons. The Bertz CT molecular complexity index is 782. The van der Waals surface area contributed by atoms with E-state index in [4.69, 9.17) is 0 Å². The zero-order chi connectivity index (χ0) is 15.1. The topological polar surface area (TPSA) is 61.7 Å². The van der Waals surface area contributed by atoms with Crippen LogP contribution in [0, 0.1) is 11.8 Å². The van der Waals surface area contributed by atoms with Crippen LogP contribution >= 0.6 is 0 Å². The first-order valence-electron chi connectivity index (χ1n) is 7.79. The predicted octanol–water partition coefficient (Wildman–Crippen LogP) is 3.45. The number of aromatic hydroxyl groups is 1. The lowest BCUT2D eigenvalue weighted by atomic mass is 9.99. The fraction of sp³-hybridized carbons (Fsp3) is 0.333. The van der Waals surface area contributed by atoms with E-state index in [-0.39, 0.29) is 17.2 Å². The minimum atomic E-state index is -0.349. The standard InChI is InChI=1S/C18H18N2O2/c21-17-10-13-4-2-1-3-12(13)9-15(17)18(22)20-19-16-8-11-5-6-14(16)7-11/h1-4,9-11,14,21H,5-8H2,(H,20,22)/b19-16+/t11-,14-/m0/s1. The minimum absolute atomic E-state index is 0.00987. The van der Waals surface area contributed by atoms with Crippen molar-refractivity contribution in [2.75, 3.05) is 0 Å². The van der Waals surface area contributed by atoms with Crippen molar-refractivity contribution < 1.29 is 9.90 Å². The molecule has 2 fully saturated rings. The number of hydrogen-bond donors (Lipinski definition) is 2. The Balaban J connectivity index is 1.57. The molecule has 2 aliphatic carbocycles. The molecule has 0 aromatic heterocycles. The number of hydrazone groups is 1. The summed E-state index contributed by atoms with van der Waals surface area (Å²) in [7, 11) is 0. The first kappa shape index (κ1) is 13.3. The lowest BCUT2D eigenvalue weighted by Crippen LogP contribution is -2.22. The van der Waals surface area contributed by atoms with Crippen LogP contribution in [0.3, 0.4) is 0 Å². The number of nitrogens with zero attached hydrogens (tertiary/aromatic N) is 1. The lowest BCUT2D eigenvalue weighted by Gasteiger charge is -2.12. The summed E-state index contributed by atoms with van der Waals surface area (Å²) in [5, 5.41) is 16.2. The van der Waals surface area contributed by atoms with Crippen LogP contribution in [-0.2, 0) is 0 Å². The first-order valence-corrected chi connectivity index (χ1v) is 7.79. The number of amides is 1. The number of carbonyl (C=O) groups is 1. The van der Waals surface area contributed by atoms with Gasteiger partial charge in [-0.05, 0) is 60.4 Å². The quantitative estimate of drug-likeness (QED) is 0.833. The van der Waals surface area contributed by atoms with Crippen molar-refractivity contribution in [2.24, 2.45) is 16.9 Å². The van der Waals surface area contributed by atoms with E-state index < -0.39 is 0 Å². The van der Waals surface area contributed by atoms with Gasteiger partial charge in [-0.25, -0.2) is 5.43 Å². The normalized spacial score (nSPS) is 25.0. The van der Waals surface area contributed by atoms with Crippen LogP contribution < -0.4 is 5.43 Å². The summed E-state index contributed by atoms with van der Waals surface area (Å²) in [5.41, 5.74) is 4.01. The Morgan fingerprint density at radius 2 is 1.95 bits per heavy atom. The molecule has 4 rings (SSSR count). The predicted molar refractivity (Wildman–Crippen MR) is 86.0 cm³/mol. The summed E-state index contributed by atoms with van der Waals surface area (Å²) in [6.45, 7) is 0. The molecule has 2 bridgehead atoms. The Labute approximate surface area is 128 Å². The van der Waals surface area contributed by atoms with Crippen LogP contribution in [0.25, 0.3) is 10.8 Å². The highest BCUT2D eigenvalue weighted by molar-refractivity contribution is 6.02. The van der Waals surface area contributed by atoms with Crippen LogP contribution in [0.1, 0.15) is 36.0 Å². The number of benzene rings is 2. The van der Waals surface area contributed by atoms with Crippen molar-refractivity contribution in [2.45, 2.75) is 25.7 Å². The molecule has 0 aliphatic heterocycles. The van der Waals surface area contributed by atoms with Crippen LogP contribution in [0.5, 0.6) is 5.75 Å². The molecule has 22 heavy (non-hydrogen) atoms. The van der Waals surface area contributed by atoms with Crippen molar-refractivity contribution in [1.29, 1.82) is 0 Å². The Kier molecular flexibility index (Phi) is 3.10. The molecule has 2 aliphatic rings. The van der Waals surface area contributed by atoms with Gasteiger partial charge in [-0.1, -0.05) is 24.3 Å². The molecule has 4 heteroatoms. The van der Waals surface area contributed by atoms with Crippen LogP contribution in [0.4, 0.5) is 0 Å². The van der Waals surface area contributed by atoms with Crippen molar-refractivity contribution >= 4 is 22.4 Å². The fourth-order valence-corrected chi connectivity index (χ4v) is 3.76. The zero-order valence-corrected chi connectivity index (χ0v) is 12.2. The first-order chi connectivity index (χ1) is 10.7. The number of nitrogens with one attached hydrogen (secondary N) is 1. The summed E-state index contributed by atoms with van der Waals surface area (Å²) in [4.78, 5) is 12.3. The van der Waals surface area contributed by atoms with E-state index in [1.807, 2.05) is 24.3 Å². The monoisotopic (exact) mass is 294 g/mol. The molecule has 0 spiro atoms. The van der Waals surface area contributed by atoms with Gasteiger partial charge in [-0.3, -0.25) is 4.79 Å². The van der Waals surface area contributed by atoms with Crippen molar-refractivity contribution in [3.63, 3.8) is 0 Å². The Hall–Kier alpha value is -2.36. The molecule has 2 atom stereocenters. The van der Waals surface area contributed by atoms with Gasteiger partial charge in [0.1, 0.15) is 5.75 Å². The Morgan fingerprint density at radius 3 is 2.64 bits per heavy atom. The smallest absolute Gasteiger partial charge is 0.275 e. The zero-order valence-electron chi connectivity index (χ0n) is 12.2.